The van der Waals surface area contributed by atoms with Gasteiger partial charge in [0.1, 0.15) is 4.90 Å². The van der Waals surface area contributed by atoms with Crippen LogP contribution in [0.25, 0.3) is 0 Å². The fourth-order valence-corrected chi connectivity index (χ4v) is 3.78. The van der Waals surface area contributed by atoms with Gasteiger partial charge in [0.15, 0.2) is 0 Å². The van der Waals surface area contributed by atoms with Gasteiger partial charge >= 0.3 is 0 Å². The Morgan fingerprint density at radius 1 is 0.870 bits per heavy atom. The maximum atomic E-state index is 12.2. The number of rotatable bonds is 4. The van der Waals surface area contributed by atoms with E-state index in [1.54, 1.807) is 12.1 Å². The zero-order valence-corrected chi connectivity index (χ0v) is 15.6. The highest BCUT2D eigenvalue weighted by Crippen LogP contribution is 2.31. The minimum absolute atomic E-state index is 0.0566. The molecular formula is C13H7Cl5N2O2S. The lowest BCUT2D eigenvalue weighted by atomic mass is 10.2. The van der Waals surface area contributed by atoms with Crippen molar-refractivity contribution in [2.45, 2.75) is 4.90 Å². The van der Waals surface area contributed by atoms with Crippen molar-refractivity contribution < 1.29 is 8.42 Å². The topological polar surface area (TPSA) is 58.5 Å². The molecule has 0 unspecified atom stereocenters. The van der Waals surface area contributed by atoms with Gasteiger partial charge in [-0.05, 0) is 24.3 Å². The summed E-state index contributed by atoms with van der Waals surface area (Å²) in [5.41, 5.74) is 0.485. The molecule has 0 aromatic heterocycles. The number of nitrogens with zero attached hydrogens (tertiary/aromatic N) is 1. The van der Waals surface area contributed by atoms with Gasteiger partial charge < -0.3 is 0 Å². The number of hydrazone groups is 1. The van der Waals surface area contributed by atoms with Crippen molar-refractivity contribution >= 4 is 74.2 Å². The molecule has 0 bridgehead atoms. The molecule has 0 radical (unpaired) electrons. The Bertz CT molecular complexity index is 884. The van der Waals surface area contributed by atoms with Gasteiger partial charge in [-0.3, -0.25) is 0 Å². The summed E-state index contributed by atoms with van der Waals surface area (Å²) in [6, 6.07) is 7.07. The molecule has 0 amide bonds. The molecule has 2 aromatic carbocycles. The van der Waals surface area contributed by atoms with Crippen LogP contribution in [0.15, 0.2) is 40.3 Å². The molecule has 0 aliphatic carbocycles. The predicted molar refractivity (Wildman–Crippen MR) is 95.8 cm³/mol. The quantitative estimate of drug-likeness (QED) is 0.407. The van der Waals surface area contributed by atoms with E-state index in [9.17, 15) is 8.42 Å². The minimum atomic E-state index is -4.01. The van der Waals surface area contributed by atoms with E-state index in [1.807, 2.05) is 4.83 Å². The summed E-state index contributed by atoms with van der Waals surface area (Å²) in [5, 5.41) is 4.55. The van der Waals surface area contributed by atoms with E-state index in [2.05, 4.69) is 5.10 Å². The third-order valence-electron chi connectivity index (χ3n) is 2.60. The monoisotopic (exact) mass is 430 g/mol. The van der Waals surface area contributed by atoms with Gasteiger partial charge in [-0.1, -0.05) is 64.1 Å². The first-order chi connectivity index (χ1) is 10.7. The lowest BCUT2D eigenvalue weighted by molar-refractivity contribution is 0.585. The zero-order chi connectivity index (χ0) is 17.2. The molecule has 0 heterocycles. The average Bonchev–Trinajstić information content (AvgIpc) is 2.45. The molecule has 1 N–H and O–H groups in total. The van der Waals surface area contributed by atoms with Gasteiger partial charge in [0, 0.05) is 10.6 Å². The summed E-state index contributed by atoms with van der Waals surface area (Å²) >= 11 is 29.2. The highest BCUT2D eigenvalue weighted by Gasteiger charge is 2.19. The summed E-state index contributed by atoms with van der Waals surface area (Å²) in [6.45, 7) is 0. The number of hydrogen-bond donors (Lipinski definition) is 1. The second-order valence-corrected chi connectivity index (χ2v) is 7.91. The molecule has 4 nitrogen and oxygen atoms in total. The standard InChI is InChI=1S/C13H7Cl5N2O2S/c14-8-2-1-7(9(15)3-8)6-19-20-23(21,22)13-5-11(17)10(16)4-12(13)18/h1-6,20H. The fraction of sp³-hybridized carbons (Fsp3) is 0. The Kier molecular flexibility index (Phi) is 6.05. The predicted octanol–water partition coefficient (Wildman–Crippen LogP) is 5.27. The summed E-state index contributed by atoms with van der Waals surface area (Å²) in [5.74, 6) is 0. The van der Waals surface area contributed by atoms with Crippen LogP contribution in [0.2, 0.25) is 25.1 Å². The Morgan fingerprint density at radius 2 is 1.52 bits per heavy atom. The van der Waals surface area contributed by atoms with Crippen molar-refractivity contribution in [3.8, 4) is 0 Å². The molecule has 0 atom stereocenters. The van der Waals surface area contributed by atoms with Gasteiger partial charge in [0.2, 0.25) is 0 Å². The molecule has 0 saturated carbocycles. The number of halogens is 5. The number of hydrogen-bond acceptors (Lipinski definition) is 3. The summed E-state index contributed by atoms with van der Waals surface area (Å²) in [4.78, 5) is 1.77. The molecule has 2 rings (SSSR count). The van der Waals surface area contributed by atoms with Crippen molar-refractivity contribution in [2.24, 2.45) is 5.10 Å². The van der Waals surface area contributed by atoms with Crippen LogP contribution >= 0.6 is 58.0 Å². The Morgan fingerprint density at radius 3 is 2.17 bits per heavy atom. The Labute approximate surface area is 158 Å². The van der Waals surface area contributed by atoms with Gasteiger partial charge in [-0.15, -0.1) is 0 Å². The molecule has 0 aliphatic heterocycles. The zero-order valence-electron chi connectivity index (χ0n) is 11.0. The second kappa shape index (κ2) is 7.47. The third-order valence-corrected chi connectivity index (χ3v) is 5.58. The van der Waals surface area contributed by atoms with E-state index in [0.29, 0.717) is 15.6 Å². The van der Waals surface area contributed by atoms with Crippen molar-refractivity contribution in [3.05, 3.63) is 61.0 Å². The minimum Gasteiger partial charge on any atom is -0.200 e. The maximum absolute atomic E-state index is 12.2. The van der Waals surface area contributed by atoms with Gasteiger partial charge in [-0.25, -0.2) is 4.83 Å². The largest absolute Gasteiger partial charge is 0.278 e. The third kappa shape index (κ3) is 4.66. The highest BCUT2D eigenvalue weighted by molar-refractivity contribution is 7.89. The molecule has 23 heavy (non-hydrogen) atoms. The SMILES string of the molecule is O=S(=O)(NN=Cc1ccc(Cl)cc1Cl)c1cc(Cl)c(Cl)cc1Cl. The molecule has 0 spiro atoms. The molecule has 10 heteroatoms. The summed E-state index contributed by atoms with van der Waals surface area (Å²) < 4.78 is 24.4. The smallest absolute Gasteiger partial charge is 0.200 e. The van der Waals surface area contributed by atoms with Crippen LogP contribution in [0.3, 0.4) is 0 Å². The molecule has 0 aliphatic rings. The first-order valence-corrected chi connectivity index (χ1v) is 9.22. The Hall–Kier alpha value is -0.690. The van der Waals surface area contributed by atoms with Crippen molar-refractivity contribution in [1.29, 1.82) is 0 Å². The molecule has 2 aromatic rings. The first-order valence-electron chi connectivity index (χ1n) is 5.85. The van der Waals surface area contributed by atoms with E-state index in [0.717, 1.165) is 6.07 Å². The van der Waals surface area contributed by atoms with E-state index in [4.69, 9.17) is 58.0 Å². The van der Waals surface area contributed by atoms with Crippen molar-refractivity contribution in [1.82, 2.24) is 4.83 Å². The van der Waals surface area contributed by atoms with Crippen LogP contribution in [0, 0.1) is 0 Å². The molecular weight excluding hydrogens is 425 g/mol. The van der Waals surface area contributed by atoms with E-state index >= 15 is 0 Å². The Balaban J connectivity index is 2.25. The van der Waals surface area contributed by atoms with Crippen molar-refractivity contribution in [3.63, 3.8) is 0 Å². The first kappa shape index (κ1) is 18.6. The van der Waals surface area contributed by atoms with Crippen LogP contribution in [0.4, 0.5) is 0 Å². The number of sulfonamides is 1. The van der Waals surface area contributed by atoms with E-state index in [1.165, 1.54) is 18.3 Å². The van der Waals surface area contributed by atoms with Gasteiger partial charge in [0.25, 0.3) is 10.0 Å². The van der Waals surface area contributed by atoms with E-state index in [-0.39, 0.29) is 20.0 Å². The van der Waals surface area contributed by atoms with Crippen LogP contribution in [-0.4, -0.2) is 14.6 Å². The molecule has 0 saturated heterocycles. The van der Waals surface area contributed by atoms with Gasteiger partial charge in [-0.2, -0.15) is 13.5 Å². The maximum Gasteiger partial charge on any atom is 0.278 e. The van der Waals surface area contributed by atoms with E-state index < -0.39 is 10.0 Å². The van der Waals surface area contributed by atoms with Crippen molar-refractivity contribution in [2.75, 3.05) is 0 Å². The lowest BCUT2D eigenvalue weighted by Crippen LogP contribution is -2.18. The molecule has 122 valence electrons. The highest BCUT2D eigenvalue weighted by atomic mass is 35.5. The van der Waals surface area contributed by atoms with Crippen LogP contribution in [0.5, 0.6) is 0 Å². The van der Waals surface area contributed by atoms with Crippen LogP contribution in [-0.2, 0) is 10.0 Å². The van der Waals surface area contributed by atoms with Gasteiger partial charge in [0.05, 0.1) is 26.3 Å². The lowest BCUT2D eigenvalue weighted by Gasteiger charge is -2.07. The second-order valence-electron chi connectivity index (χ2n) is 4.22. The fourth-order valence-electron chi connectivity index (χ4n) is 1.53. The van der Waals surface area contributed by atoms with Crippen LogP contribution < -0.4 is 4.83 Å². The summed E-state index contributed by atoms with van der Waals surface area (Å²) in [6.07, 6.45) is 1.24. The average molecular weight is 433 g/mol. The number of benzene rings is 2. The van der Waals surface area contributed by atoms with Crippen LogP contribution in [0.1, 0.15) is 5.56 Å². The number of nitrogens with one attached hydrogen (secondary N) is 1. The normalized spacial score (nSPS) is 11.9. The summed E-state index contributed by atoms with van der Waals surface area (Å²) in [7, 11) is -4.01. The molecule has 0 fully saturated rings.